The van der Waals surface area contributed by atoms with Gasteiger partial charge in [0.2, 0.25) is 0 Å². The first-order chi connectivity index (χ1) is 14.8. The second-order valence-electron chi connectivity index (χ2n) is 6.93. The Morgan fingerprint density at radius 3 is 1.23 bits per heavy atom. The van der Waals surface area contributed by atoms with Crippen LogP contribution in [0, 0.1) is 0 Å². The second-order valence-corrected chi connectivity index (χ2v) is 9.02. The Bertz CT molecular complexity index is 984. The molecule has 0 amide bonds. The highest BCUT2D eigenvalue weighted by Gasteiger charge is 2.09. The third-order valence-electron chi connectivity index (χ3n) is 4.73. The minimum atomic E-state index is 0.0641. The molecule has 0 aliphatic rings. The van der Waals surface area contributed by atoms with Gasteiger partial charge in [-0.15, -0.1) is 23.5 Å². The largest absolute Gasteiger partial charge is 0.289 e. The Labute approximate surface area is 186 Å². The van der Waals surface area contributed by atoms with Crippen molar-refractivity contribution in [2.24, 2.45) is 0 Å². The standard InChI is InChI=1S/C27H22OS2/c28-27(23-11-15-25(16-12-23)29-19-21-7-3-1-4-8-21)24-13-17-26(18-14-24)30-20-22-9-5-2-6-10-22/h1-18H,19-20H2. The predicted molar refractivity (Wildman–Crippen MR) is 128 cm³/mol. The van der Waals surface area contributed by atoms with Crippen molar-refractivity contribution in [2.75, 3.05) is 0 Å². The van der Waals surface area contributed by atoms with Gasteiger partial charge in [-0.25, -0.2) is 0 Å². The lowest BCUT2D eigenvalue weighted by Crippen LogP contribution is -2.00. The molecule has 0 fully saturated rings. The third-order valence-corrected chi connectivity index (χ3v) is 6.90. The minimum Gasteiger partial charge on any atom is -0.289 e. The van der Waals surface area contributed by atoms with E-state index in [2.05, 4.69) is 48.5 Å². The van der Waals surface area contributed by atoms with Gasteiger partial charge in [-0.2, -0.15) is 0 Å². The van der Waals surface area contributed by atoms with Crippen LogP contribution in [0.15, 0.2) is 119 Å². The molecule has 0 atom stereocenters. The van der Waals surface area contributed by atoms with Gasteiger partial charge < -0.3 is 0 Å². The monoisotopic (exact) mass is 426 g/mol. The molecule has 0 spiro atoms. The van der Waals surface area contributed by atoms with E-state index in [1.807, 2.05) is 60.7 Å². The molecule has 0 N–H and O–H groups in total. The highest BCUT2D eigenvalue weighted by molar-refractivity contribution is 7.98. The molecule has 148 valence electrons. The first-order valence-corrected chi connectivity index (χ1v) is 11.8. The summed E-state index contributed by atoms with van der Waals surface area (Å²) >= 11 is 3.56. The van der Waals surface area contributed by atoms with Crippen LogP contribution < -0.4 is 0 Å². The lowest BCUT2D eigenvalue weighted by Gasteiger charge is -2.06. The van der Waals surface area contributed by atoms with Crippen molar-refractivity contribution in [3.05, 3.63) is 131 Å². The molecule has 0 aliphatic heterocycles. The number of rotatable bonds is 8. The molecule has 1 nitrogen and oxygen atoms in total. The van der Waals surface area contributed by atoms with E-state index in [1.54, 1.807) is 23.5 Å². The predicted octanol–water partition coefficient (Wildman–Crippen LogP) is 7.50. The summed E-state index contributed by atoms with van der Waals surface area (Å²) in [7, 11) is 0. The maximum atomic E-state index is 12.8. The zero-order valence-electron chi connectivity index (χ0n) is 16.5. The highest BCUT2D eigenvalue weighted by Crippen LogP contribution is 2.25. The SMILES string of the molecule is O=C(c1ccc(SCc2ccccc2)cc1)c1ccc(SCc2ccccc2)cc1. The Balaban J connectivity index is 1.34. The van der Waals surface area contributed by atoms with Gasteiger partial charge in [-0.05, 0) is 59.7 Å². The maximum Gasteiger partial charge on any atom is 0.193 e. The number of thioether (sulfide) groups is 2. The first-order valence-electron chi connectivity index (χ1n) is 9.86. The number of carbonyl (C=O) groups is 1. The number of benzene rings is 4. The van der Waals surface area contributed by atoms with Gasteiger partial charge in [0, 0.05) is 32.4 Å². The van der Waals surface area contributed by atoms with Gasteiger partial charge >= 0.3 is 0 Å². The minimum absolute atomic E-state index is 0.0641. The fourth-order valence-electron chi connectivity index (χ4n) is 3.05. The van der Waals surface area contributed by atoms with Gasteiger partial charge in [0.25, 0.3) is 0 Å². The van der Waals surface area contributed by atoms with E-state index < -0.39 is 0 Å². The molecule has 3 heteroatoms. The summed E-state index contributed by atoms with van der Waals surface area (Å²) in [4.78, 5) is 15.2. The van der Waals surface area contributed by atoms with Gasteiger partial charge in [-0.1, -0.05) is 60.7 Å². The summed E-state index contributed by atoms with van der Waals surface area (Å²) in [6.45, 7) is 0. The summed E-state index contributed by atoms with van der Waals surface area (Å²) in [6, 6.07) is 36.7. The molecule has 30 heavy (non-hydrogen) atoms. The Morgan fingerprint density at radius 1 is 0.500 bits per heavy atom. The van der Waals surface area contributed by atoms with Crippen molar-refractivity contribution >= 4 is 29.3 Å². The van der Waals surface area contributed by atoms with E-state index in [1.165, 1.54) is 20.9 Å². The summed E-state index contributed by atoms with van der Waals surface area (Å²) in [5.74, 6) is 1.92. The Kier molecular flexibility index (Phi) is 7.07. The maximum absolute atomic E-state index is 12.8. The molecule has 0 saturated heterocycles. The number of hydrogen-bond acceptors (Lipinski definition) is 3. The molecular formula is C27H22OS2. The van der Waals surface area contributed by atoms with Crippen molar-refractivity contribution in [3.8, 4) is 0 Å². The summed E-state index contributed by atoms with van der Waals surface area (Å²) in [6.07, 6.45) is 0. The molecule has 4 aromatic carbocycles. The molecule has 0 saturated carbocycles. The molecule has 4 rings (SSSR count). The molecule has 0 bridgehead atoms. The van der Waals surface area contributed by atoms with E-state index in [4.69, 9.17) is 0 Å². The number of carbonyl (C=O) groups excluding carboxylic acids is 1. The zero-order valence-corrected chi connectivity index (χ0v) is 18.2. The lowest BCUT2D eigenvalue weighted by atomic mass is 10.0. The van der Waals surface area contributed by atoms with Crippen molar-refractivity contribution in [3.63, 3.8) is 0 Å². The molecule has 4 aromatic rings. The molecule has 0 aliphatic carbocycles. The topological polar surface area (TPSA) is 17.1 Å². The fourth-order valence-corrected chi connectivity index (χ4v) is 4.76. The van der Waals surface area contributed by atoms with Crippen LogP contribution >= 0.6 is 23.5 Å². The molecule has 0 radical (unpaired) electrons. The van der Waals surface area contributed by atoms with Crippen LogP contribution in [0.25, 0.3) is 0 Å². The first kappa shape index (κ1) is 20.5. The van der Waals surface area contributed by atoms with E-state index in [0.717, 1.165) is 22.6 Å². The van der Waals surface area contributed by atoms with E-state index in [0.29, 0.717) is 0 Å². The van der Waals surface area contributed by atoms with Crippen molar-refractivity contribution in [2.45, 2.75) is 21.3 Å². The van der Waals surface area contributed by atoms with Crippen molar-refractivity contribution < 1.29 is 4.79 Å². The Morgan fingerprint density at radius 2 is 0.867 bits per heavy atom. The normalized spacial score (nSPS) is 10.7. The lowest BCUT2D eigenvalue weighted by molar-refractivity contribution is 0.103. The molecule has 0 unspecified atom stereocenters. The van der Waals surface area contributed by atoms with Gasteiger partial charge in [-0.3, -0.25) is 4.79 Å². The van der Waals surface area contributed by atoms with E-state index >= 15 is 0 Å². The Hall–Kier alpha value is -2.75. The van der Waals surface area contributed by atoms with Crippen LogP contribution in [0.4, 0.5) is 0 Å². The van der Waals surface area contributed by atoms with Crippen LogP contribution in [-0.2, 0) is 11.5 Å². The van der Waals surface area contributed by atoms with Crippen molar-refractivity contribution in [1.29, 1.82) is 0 Å². The molecule has 0 heterocycles. The molecular weight excluding hydrogens is 404 g/mol. The van der Waals surface area contributed by atoms with E-state index in [-0.39, 0.29) is 5.78 Å². The molecule has 0 aromatic heterocycles. The number of hydrogen-bond donors (Lipinski definition) is 0. The summed E-state index contributed by atoms with van der Waals surface area (Å²) in [5.41, 5.74) is 4.05. The average molecular weight is 427 g/mol. The van der Waals surface area contributed by atoms with Crippen LogP contribution in [0.2, 0.25) is 0 Å². The van der Waals surface area contributed by atoms with Crippen molar-refractivity contribution in [1.82, 2.24) is 0 Å². The van der Waals surface area contributed by atoms with Gasteiger partial charge in [0.15, 0.2) is 5.78 Å². The second kappa shape index (κ2) is 10.3. The summed E-state index contributed by atoms with van der Waals surface area (Å²) in [5, 5.41) is 0. The number of ketones is 1. The van der Waals surface area contributed by atoms with Crippen LogP contribution in [0.5, 0.6) is 0 Å². The highest BCUT2D eigenvalue weighted by atomic mass is 32.2. The quantitative estimate of drug-likeness (QED) is 0.214. The third kappa shape index (κ3) is 5.65. The smallest absolute Gasteiger partial charge is 0.193 e. The summed E-state index contributed by atoms with van der Waals surface area (Å²) < 4.78 is 0. The van der Waals surface area contributed by atoms with Crippen LogP contribution in [0.3, 0.4) is 0 Å². The fraction of sp³-hybridized carbons (Fsp3) is 0.0741. The average Bonchev–Trinajstić information content (AvgIpc) is 2.83. The zero-order chi connectivity index (χ0) is 20.6. The van der Waals surface area contributed by atoms with Crippen LogP contribution in [0.1, 0.15) is 27.0 Å². The van der Waals surface area contributed by atoms with Gasteiger partial charge in [0.1, 0.15) is 0 Å². The van der Waals surface area contributed by atoms with Gasteiger partial charge in [0.05, 0.1) is 0 Å². The van der Waals surface area contributed by atoms with E-state index in [9.17, 15) is 4.79 Å². The van der Waals surface area contributed by atoms with Crippen LogP contribution in [-0.4, -0.2) is 5.78 Å².